The van der Waals surface area contributed by atoms with Gasteiger partial charge in [0.25, 0.3) is 0 Å². The van der Waals surface area contributed by atoms with E-state index in [9.17, 15) is 9.59 Å². The topological polar surface area (TPSA) is 61.9 Å². The molecule has 6 heteroatoms. The van der Waals surface area contributed by atoms with Crippen LogP contribution in [-0.4, -0.2) is 60.6 Å². The van der Waals surface area contributed by atoms with Crippen molar-refractivity contribution in [3.63, 3.8) is 0 Å². The van der Waals surface area contributed by atoms with Gasteiger partial charge in [0.05, 0.1) is 12.6 Å². The van der Waals surface area contributed by atoms with Crippen LogP contribution < -0.4 is 5.32 Å². The molecule has 1 aromatic rings. The van der Waals surface area contributed by atoms with Crippen molar-refractivity contribution in [3.05, 3.63) is 34.9 Å². The Morgan fingerprint density at radius 2 is 2.03 bits per heavy atom. The largest absolute Gasteiger partial charge is 0.450 e. The number of aryl methyl sites for hydroxylation is 1. The van der Waals surface area contributed by atoms with Gasteiger partial charge in [-0.05, 0) is 57.2 Å². The average molecular weight is 402 g/mol. The van der Waals surface area contributed by atoms with Crippen molar-refractivity contribution in [2.45, 2.75) is 64.0 Å². The molecule has 1 aromatic carbocycles. The summed E-state index contributed by atoms with van der Waals surface area (Å²) in [6, 6.07) is 7.39. The fourth-order valence-corrected chi connectivity index (χ4v) is 5.67. The van der Waals surface area contributed by atoms with Gasteiger partial charge in [0.2, 0.25) is 5.91 Å². The van der Waals surface area contributed by atoms with Crippen LogP contribution >= 0.6 is 0 Å². The van der Waals surface area contributed by atoms with Gasteiger partial charge in [-0.15, -0.1) is 0 Å². The molecule has 2 fully saturated rings. The Bertz CT molecular complexity index is 794. The second-order valence-electron chi connectivity index (χ2n) is 8.97. The molecule has 2 saturated heterocycles. The third-order valence-corrected chi connectivity index (χ3v) is 7.02. The lowest BCUT2D eigenvalue weighted by Crippen LogP contribution is -2.47. The molecule has 2 amide bonds. The third-order valence-electron chi connectivity index (χ3n) is 7.02. The average Bonchev–Trinajstić information content (AvgIpc) is 3.24. The number of fused-ring (bicyclic) bond motifs is 2. The van der Waals surface area contributed by atoms with Crippen molar-refractivity contribution in [2.24, 2.45) is 0 Å². The second kappa shape index (κ2) is 7.98. The molecule has 2 aliphatic heterocycles. The van der Waals surface area contributed by atoms with Gasteiger partial charge >= 0.3 is 6.09 Å². The number of piperidine rings is 1. The zero-order valence-electron chi connectivity index (χ0n) is 17.9. The summed E-state index contributed by atoms with van der Waals surface area (Å²) in [6.45, 7) is 9.69. The number of amides is 2. The highest BCUT2D eigenvalue weighted by Gasteiger charge is 2.49. The first-order chi connectivity index (χ1) is 13.9. The van der Waals surface area contributed by atoms with Crippen LogP contribution in [0.4, 0.5) is 4.79 Å². The van der Waals surface area contributed by atoms with E-state index in [0.717, 1.165) is 51.9 Å². The van der Waals surface area contributed by atoms with Gasteiger partial charge in [0.15, 0.2) is 0 Å². The lowest BCUT2D eigenvalue weighted by molar-refractivity contribution is -0.119. The summed E-state index contributed by atoms with van der Waals surface area (Å²) < 4.78 is 5.15. The molecule has 2 atom stereocenters. The molecular weight excluding hydrogens is 366 g/mol. The van der Waals surface area contributed by atoms with Gasteiger partial charge in [-0.1, -0.05) is 23.8 Å². The number of ether oxygens (including phenoxy) is 1. The molecule has 4 rings (SSSR count). The van der Waals surface area contributed by atoms with Crippen LogP contribution in [0, 0.1) is 6.92 Å². The second-order valence-corrected chi connectivity index (χ2v) is 8.97. The van der Waals surface area contributed by atoms with E-state index in [1.807, 2.05) is 11.8 Å². The minimum Gasteiger partial charge on any atom is -0.450 e. The normalized spacial score (nSPS) is 27.3. The first-order valence-electron chi connectivity index (χ1n) is 11.0. The molecule has 3 aliphatic rings. The minimum atomic E-state index is -0.179. The number of carbonyl (C=O) groups is 2. The number of hydrogen-bond donors (Lipinski definition) is 1. The molecule has 1 aliphatic carbocycles. The lowest BCUT2D eigenvalue weighted by Gasteiger charge is -2.37. The number of rotatable bonds is 3. The molecule has 160 valence electrons. The Kier molecular flexibility index (Phi) is 5.56. The summed E-state index contributed by atoms with van der Waals surface area (Å²) >= 11 is 0. The van der Waals surface area contributed by atoms with E-state index in [0.29, 0.717) is 12.6 Å². The predicted molar refractivity (Wildman–Crippen MR) is 114 cm³/mol. The van der Waals surface area contributed by atoms with E-state index in [1.54, 1.807) is 6.92 Å². The Balaban J connectivity index is 0.00000256. The van der Waals surface area contributed by atoms with E-state index >= 15 is 0 Å². The Morgan fingerprint density at radius 3 is 2.72 bits per heavy atom. The van der Waals surface area contributed by atoms with Gasteiger partial charge in [-0.3, -0.25) is 9.69 Å². The molecule has 2 heterocycles. The smallest absolute Gasteiger partial charge is 0.409 e. The van der Waals surface area contributed by atoms with Gasteiger partial charge < -0.3 is 15.0 Å². The number of nitrogens with zero attached hydrogens (tertiary/aromatic N) is 2. The molecule has 0 aromatic heterocycles. The zero-order chi connectivity index (χ0) is 20.6. The lowest BCUT2D eigenvalue weighted by atomic mass is 9.80. The van der Waals surface area contributed by atoms with Crippen LogP contribution in [0.3, 0.4) is 0 Å². The molecule has 29 heavy (non-hydrogen) atoms. The van der Waals surface area contributed by atoms with Crippen LogP contribution in [-0.2, 0) is 14.9 Å². The number of nitrogens with one attached hydrogen (secondary N) is 1. The summed E-state index contributed by atoms with van der Waals surface area (Å²) in [7, 11) is 0. The Morgan fingerprint density at radius 1 is 1.28 bits per heavy atom. The van der Waals surface area contributed by atoms with Crippen LogP contribution in [0.15, 0.2) is 18.2 Å². The highest BCUT2D eigenvalue weighted by Crippen LogP contribution is 2.51. The van der Waals surface area contributed by atoms with E-state index in [4.69, 9.17) is 4.74 Å². The van der Waals surface area contributed by atoms with E-state index in [1.165, 1.54) is 16.7 Å². The number of hydrogen-bond acceptors (Lipinski definition) is 4. The van der Waals surface area contributed by atoms with Gasteiger partial charge in [0, 0.05) is 39.4 Å². The zero-order valence-corrected chi connectivity index (χ0v) is 17.9. The van der Waals surface area contributed by atoms with Gasteiger partial charge in [-0.2, -0.15) is 0 Å². The SMILES string of the molecule is CCOC(=O)N1CCC(N2CCC3(C[C@H](NC(C)=O)c4cc(C)ccc43)C2)CC1.[HH]. The summed E-state index contributed by atoms with van der Waals surface area (Å²) in [5.74, 6) is 0.0423. The fraction of sp³-hybridized carbons (Fsp3) is 0.652. The van der Waals surface area contributed by atoms with Crippen molar-refractivity contribution in [3.8, 4) is 0 Å². The number of likely N-dealkylation sites (tertiary alicyclic amines) is 2. The maximum absolute atomic E-state index is 12.0. The van der Waals surface area contributed by atoms with Gasteiger partial charge in [0.1, 0.15) is 0 Å². The van der Waals surface area contributed by atoms with Gasteiger partial charge in [-0.25, -0.2) is 4.79 Å². The van der Waals surface area contributed by atoms with Crippen LogP contribution in [0.1, 0.15) is 63.7 Å². The number of benzene rings is 1. The first-order valence-corrected chi connectivity index (χ1v) is 11.0. The van der Waals surface area contributed by atoms with E-state index in [-0.39, 0.29) is 24.9 Å². The summed E-state index contributed by atoms with van der Waals surface area (Å²) in [5.41, 5.74) is 4.11. The van der Waals surface area contributed by atoms with Crippen LogP contribution in [0.2, 0.25) is 0 Å². The third kappa shape index (κ3) is 3.87. The van der Waals surface area contributed by atoms with Crippen LogP contribution in [0.5, 0.6) is 0 Å². The quantitative estimate of drug-likeness (QED) is 0.843. The number of carbonyl (C=O) groups excluding carboxylic acids is 2. The highest BCUT2D eigenvalue weighted by atomic mass is 16.6. The van der Waals surface area contributed by atoms with Crippen molar-refractivity contribution in [1.29, 1.82) is 0 Å². The maximum atomic E-state index is 12.0. The molecule has 6 nitrogen and oxygen atoms in total. The molecule has 0 bridgehead atoms. The predicted octanol–water partition coefficient (Wildman–Crippen LogP) is 3.39. The molecule has 0 saturated carbocycles. The summed E-state index contributed by atoms with van der Waals surface area (Å²) in [6.07, 6.45) is 3.96. The van der Waals surface area contributed by atoms with Crippen molar-refractivity contribution in [1.82, 2.24) is 15.1 Å². The summed E-state index contributed by atoms with van der Waals surface area (Å²) in [5, 5.41) is 3.19. The maximum Gasteiger partial charge on any atom is 0.409 e. The Labute approximate surface area is 175 Å². The van der Waals surface area contributed by atoms with Crippen molar-refractivity contribution >= 4 is 12.0 Å². The van der Waals surface area contributed by atoms with E-state index < -0.39 is 0 Å². The monoisotopic (exact) mass is 401 g/mol. The van der Waals surface area contributed by atoms with Crippen molar-refractivity contribution < 1.29 is 15.8 Å². The minimum absolute atomic E-state index is 0. The first kappa shape index (κ1) is 20.2. The van der Waals surface area contributed by atoms with E-state index in [2.05, 4.69) is 35.3 Å². The summed E-state index contributed by atoms with van der Waals surface area (Å²) in [4.78, 5) is 28.2. The van der Waals surface area contributed by atoms with Crippen molar-refractivity contribution in [2.75, 3.05) is 32.8 Å². The molecule has 1 N–H and O–H groups in total. The highest BCUT2D eigenvalue weighted by molar-refractivity contribution is 5.74. The molecule has 1 spiro atoms. The molecular formula is C23H35N3O3. The molecule has 1 unspecified atom stereocenters. The molecule has 0 radical (unpaired) electrons. The van der Waals surface area contributed by atoms with Crippen LogP contribution in [0.25, 0.3) is 0 Å². The standard InChI is InChI=1S/C23H33N3O3.H2/c1-4-29-22(28)25-10-7-18(8-11-25)26-12-9-23(15-26)14-21(24-17(3)27)19-13-16(2)5-6-20(19)23;/h5-6,13,18,21H,4,7-12,14-15H2,1-3H3,(H,24,27);1H/t21-,23?;/m0./s1. The Hall–Kier alpha value is -2.08. The fourth-order valence-electron chi connectivity index (χ4n) is 5.67.